The fraction of sp³-hybridized carbons (Fsp3) is 0.529. The highest BCUT2D eigenvalue weighted by Crippen LogP contribution is 2.43. The number of fused-ring (bicyclic) bond motifs is 1. The lowest BCUT2D eigenvalue weighted by molar-refractivity contribution is 0.122. The Labute approximate surface area is 155 Å². The van der Waals surface area contributed by atoms with Gasteiger partial charge < -0.3 is 10.0 Å². The summed E-state index contributed by atoms with van der Waals surface area (Å²) in [4.78, 5) is 12.0. The normalized spacial score (nSPS) is 18.4. The van der Waals surface area contributed by atoms with Gasteiger partial charge in [0.2, 0.25) is 10.8 Å². The molecule has 1 fully saturated rings. The average Bonchev–Trinajstić information content (AvgIpc) is 3.29. The third-order valence-corrected chi connectivity index (χ3v) is 7.37. The van der Waals surface area contributed by atoms with Crippen molar-refractivity contribution in [1.82, 2.24) is 24.4 Å². The Morgan fingerprint density at radius 1 is 1.32 bits per heavy atom. The van der Waals surface area contributed by atoms with Crippen LogP contribution in [0.1, 0.15) is 34.2 Å². The van der Waals surface area contributed by atoms with Crippen molar-refractivity contribution in [2.24, 2.45) is 0 Å². The molecule has 1 saturated heterocycles. The molecule has 1 aliphatic rings. The first-order valence-corrected chi connectivity index (χ1v) is 10.2. The molecule has 3 aromatic rings. The number of likely N-dealkylation sites (tertiary alicyclic amines) is 1. The Balaban J connectivity index is 1.75. The quantitative estimate of drug-likeness (QED) is 0.757. The number of thiophene rings is 1. The Hall–Kier alpha value is -1.48. The first-order valence-electron chi connectivity index (χ1n) is 8.52. The van der Waals surface area contributed by atoms with Gasteiger partial charge in [-0.3, -0.25) is 4.90 Å². The molecule has 4 rings (SSSR count). The van der Waals surface area contributed by atoms with Gasteiger partial charge in [-0.15, -0.1) is 11.3 Å². The van der Waals surface area contributed by atoms with E-state index in [9.17, 15) is 5.11 Å². The highest BCUT2D eigenvalue weighted by atomic mass is 32.1. The molecule has 134 valence electrons. The highest BCUT2D eigenvalue weighted by Gasteiger charge is 2.33. The number of nitrogens with zero attached hydrogens (tertiary/aromatic N) is 5. The van der Waals surface area contributed by atoms with E-state index < -0.39 is 0 Å². The summed E-state index contributed by atoms with van der Waals surface area (Å²) in [5, 5.41) is 17.1. The van der Waals surface area contributed by atoms with Gasteiger partial charge in [-0.25, -0.2) is 4.98 Å². The van der Waals surface area contributed by atoms with Gasteiger partial charge in [-0.2, -0.15) is 9.61 Å². The van der Waals surface area contributed by atoms with Gasteiger partial charge in [-0.1, -0.05) is 11.3 Å². The second kappa shape index (κ2) is 6.68. The summed E-state index contributed by atoms with van der Waals surface area (Å²) in [6, 6.07) is 2.70. The maximum absolute atomic E-state index is 10.8. The minimum absolute atomic E-state index is 0.0434. The number of aromatic hydroxyl groups is 1. The molecule has 1 atom stereocenters. The summed E-state index contributed by atoms with van der Waals surface area (Å²) in [5.41, 5.74) is 1.27. The minimum Gasteiger partial charge on any atom is -0.492 e. The number of thiazole rings is 1. The average molecular weight is 378 g/mol. The lowest BCUT2D eigenvalue weighted by Gasteiger charge is -2.39. The van der Waals surface area contributed by atoms with Gasteiger partial charge in [0, 0.05) is 10.9 Å². The third kappa shape index (κ3) is 2.97. The predicted octanol–water partition coefficient (Wildman–Crippen LogP) is 2.98. The number of piperidine rings is 1. The van der Waals surface area contributed by atoms with Gasteiger partial charge in [-0.05, 0) is 64.0 Å². The van der Waals surface area contributed by atoms with Crippen LogP contribution in [0, 0.1) is 6.92 Å². The van der Waals surface area contributed by atoms with Crippen LogP contribution in [0.2, 0.25) is 0 Å². The largest absolute Gasteiger partial charge is 0.492 e. The fourth-order valence-electron chi connectivity index (χ4n) is 3.64. The van der Waals surface area contributed by atoms with Gasteiger partial charge in [0.1, 0.15) is 6.33 Å². The summed E-state index contributed by atoms with van der Waals surface area (Å²) in [6.45, 7) is 4.38. The van der Waals surface area contributed by atoms with E-state index in [1.807, 2.05) is 0 Å². The minimum atomic E-state index is 0.0434. The van der Waals surface area contributed by atoms with Gasteiger partial charge >= 0.3 is 0 Å². The standard InChI is InChI=1S/C17H23N5OS2/c1-11-6-9-24-14(11)13(21(3)12-4-7-20(2)8-5-12)15-16(23)22-17(25-15)18-10-19-22/h6,9-10,12-13,23H,4-5,7-8H2,1-3H3. The third-order valence-electron chi connectivity index (χ3n) is 5.21. The van der Waals surface area contributed by atoms with Crippen molar-refractivity contribution in [1.29, 1.82) is 0 Å². The van der Waals surface area contributed by atoms with Crippen LogP contribution in [0.25, 0.3) is 4.96 Å². The lowest BCUT2D eigenvalue weighted by atomic mass is 10.00. The molecule has 0 amide bonds. The zero-order valence-electron chi connectivity index (χ0n) is 14.7. The molecule has 8 heteroatoms. The molecular formula is C17H23N5OS2. The Morgan fingerprint density at radius 3 is 2.72 bits per heavy atom. The number of hydrogen-bond acceptors (Lipinski definition) is 7. The molecule has 0 saturated carbocycles. The molecule has 3 aromatic heterocycles. The highest BCUT2D eigenvalue weighted by molar-refractivity contribution is 7.17. The van der Waals surface area contributed by atoms with E-state index in [1.54, 1.807) is 15.9 Å². The molecule has 0 radical (unpaired) electrons. The number of hydrogen-bond donors (Lipinski definition) is 1. The topological polar surface area (TPSA) is 56.9 Å². The monoisotopic (exact) mass is 377 g/mol. The smallest absolute Gasteiger partial charge is 0.230 e. The van der Waals surface area contributed by atoms with Gasteiger partial charge in [0.15, 0.2) is 0 Å². The lowest BCUT2D eigenvalue weighted by Crippen LogP contribution is -2.43. The van der Waals surface area contributed by atoms with Crippen LogP contribution in [0.3, 0.4) is 0 Å². The van der Waals surface area contributed by atoms with Crippen LogP contribution in [-0.2, 0) is 0 Å². The van der Waals surface area contributed by atoms with Crippen molar-refractivity contribution in [2.75, 3.05) is 27.2 Å². The van der Waals surface area contributed by atoms with Crippen molar-refractivity contribution in [2.45, 2.75) is 31.8 Å². The molecule has 25 heavy (non-hydrogen) atoms. The number of aryl methyl sites for hydroxylation is 1. The molecule has 0 bridgehead atoms. The van der Waals surface area contributed by atoms with E-state index >= 15 is 0 Å². The predicted molar refractivity (Wildman–Crippen MR) is 102 cm³/mol. The molecule has 0 spiro atoms. The molecule has 1 N–H and O–H groups in total. The van der Waals surface area contributed by atoms with E-state index in [1.165, 1.54) is 28.1 Å². The van der Waals surface area contributed by atoms with E-state index in [0.717, 1.165) is 35.8 Å². The summed E-state index contributed by atoms with van der Waals surface area (Å²) in [5.74, 6) is 0.218. The second-order valence-corrected chi connectivity index (χ2v) is 8.77. The van der Waals surface area contributed by atoms with Crippen molar-refractivity contribution in [3.63, 3.8) is 0 Å². The molecular weight excluding hydrogens is 354 g/mol. The molecule has 0 aromatic carbocycles. The number of rotatable bonds is 4. The van der Waals surface area contributed by atoms with Crippen LogP contribution in [-0.4, -0.2) is 62.7 Å². The maximum atomic E-state index is 10.8. The summed E-state index contributed by atoms with van der Waals surface area (Å²) < 4.78 is 1.54. The SMILES string of the molecule is Cc1ccsc1C(c1sc2ncnn2c1O)N(C)C1CCN(C)CC1. The Morgan fingerprint density at radius 2 is 2.08 bits per heavy atom. The van der Waals surface area contributed by atoms with E-state index in [4.69, 9.17) is 0 Å². The van der Waals surface area contributed by atoms with Crippen molar-refractivity contribution in [3.8, 4) is 5.88 Å². The van der Waals surface area contributed by atoms with Gasteiger partial charge in [0.05, 0.1) is 10.9 Å². The number of aromatic nitrogens is 3. The molecule has 1 unspecified atom stereocenters. The maximum Gasteiger partial charge on any atom is 0.230 e. The van der Waals surface area contributed by atoms with E-state index in [2.05, 4.69) is 52.3 Å². The summed E-state index contributed by atoms with van der Waals surface area (Å²) in [6.07, 6.45) is 3.78. The van der Waals surface area contributed by atoms with Crippen LogP contribution in [0.15, 0.2) is 17.8 Å². The second-order valence-electron chi connectivity index (χ2n) is 6.81. The van der Waals surface area contributed by atoms with Crippen LogP contribution < -0.4 is 0 Å². The summed E-state index contributed by atoms with van der Waals surface area (Å²) >= 11 is 3.29. The molecule has 4 heterocycles. The van der Waals surface area contributed by atoms with Crippen molar-refractivity contribution >= 4 is 27.6 Å². The van der Waals surface area contributed by atoms with Crippen LogP contribution in [0.4, 0.5) is 0 Å². The first kappa shape index (κ1) is 17.0. The molecule has 1 aliphatic heterocycles. The molecule has 6 nitrogen and oxygen atoms in total. The van der Waals surface area contributed by atoms with E-state index in [-0.39, 0.29) is 11.9 Å². The zero-order valence-corrected chi connectivity index (χ0v) is 16.3. The molecule has 0 aliphatic carbocycles. The summed E-state index contributed by atoms with van der Waals surface area (Å²) in [7, 11) is 4.37. The Bertz CT molecular complexity index is 862. The van der Waals surface area contributed by atoms with Crippen molar-refractivity contribution in [3.05, 3.63) is 33.1 Å². The Kier molecular flexibility index (Phi) is 4.53. The van der Waals surface area contributed by atoms with Crippen LogP contribution in [0.5, 0.6) is 5.88 Å². The van der Waals surface area contributed by atoms with Crippen molar-refractivity contribution < 1.29 is 5.11 Å². The fourth-order valence-corrected chi connectivity index (χ4v) is 5.89. The van der Waals surface area contributed by atoms with Gasteiger partial charge in [0.25, 0.3) is 0 Å². The van der Waals surface area contributed by atoms with E-state index in [0.29, 0.717) is 6.04 Å². The zero-order chi connectivity index (χ0) is 17.6. The first-order chi connectivity index (χ1) is 12.1. The van der Waals surface area contributed by atoms with Crippen LogP contribution >= 0.6 is 22.7 Å².